The van der Waals surface area contributed by atoms with Gasteiger partial charge in [-0.3, -0.25) is 0 Å². The van der Waals surface area contributed by atoms with Crippen LogP contribution in [0.15, 0.2) is 35.3 Å². The summed E-state index contributed by atoms with van der Waals surface area (Å²) < 4.78 is 5.51. The van der Waals surface area contributed by atoms with Gasteiger partial charge in [0.05, 0.1) is 6.54 Å². The summed E-state index contributed by atoms with van der Waals surface area (Å²) in [5, 5.41) is 3.53. The molecule has 1 saturated carbocycles. The molecule has 0 aromatic heterocycles. The number of nitrogens with one attached hydrogen (secondary N) is 1. The third-order valence-electron chi connectivity index (χ3n) is 4.45. The molecule has 1 aliphatic heterocycles. The third kappa shape index (κ3) is 3.53. The van der Waals surface area contributed by atoms with Gasteiger partial charge in [0.2, 0.25) is 0 Å². The number of nitrogens with zero attached hydrogens (tertiary/aromatic N) is 1. The first kappa shape index (κ1) is 13.5. The Hall–Kier alpha value is -1.51. The molecule has 1 heterocycles. The predicted molar refractivity (Wildman–Crippen MR) is 81.9 cm³/mol. The van der Waals surface area contributed by atoms with Crippen molar-refractivity contribution >= 4 is 6.02 Å². The molecule has 0 spiro atoms. The minimum Gasteiger partial charge on any atom is -0.463 e. The van der Waals surface area contributed by atoms with Crippen LogP contribution in [0, 0.1) is 5.92 Å². The van der Waals surface area contributed by atoms with Crippen LogP contribution < -0.4 is 5.32 Å². The number of ether oxygens (including phenoxy) is 1. The van der Waals surface area contributed by atoms with Crippen LogP contribution in [0.25, 0.3) is 0 Å². The molecular formula is C17H24N2O. The van der Waals surface area contributed by atoms with E-state index in [0.29, 0.717) is 6.04 Å². The van der Waals surface area contributed by atoms with Crippen LogP contribution in [0.5, 0.6) is 0 Å². The maximum absolute atomic E-state index is 5.51. The van der Waals surface area contributed by atoms with E-state index in [1.807, 2.05) is 0 Å². The van der Waals surface area contributed by atoms with Gasteiger partial charge in [0.15, 0.2) is 0 Å². The van der Waals surface area contributed by atoms with Gasteiger partial charge < -0.3 is 10.1 Å². The van der Waals surface area contributed by atoms with Gasteiger partial charge in [0.25, 0.3) is 6.02 Å². The molecule has 3 nitrogen and oxygen atoms in total. The van der Waals surface area contributed by atoms with Gasteiger partial charge in [0, 0.05) is 6.04 Å². The van der Waals surface area contributed by atoms with Crippen LogP contribution in [0.2, 0.25) is 0 Å². The van der Waals surface area contributed by atoms with E-state index in [0.717, 1.165) is 25.1 Å². The lowest BCUT2D eigenvalue weighted by molar-refractivity contribution is 0.250. The molecule has 0 bridgehead atoms. The summed E-state index contributed by atoms with van der Waals surface area (Å²) in [6.45, 7) is 1.55. The van der Waals surface area contributed by atoms with Crippen molar-refractivity contribution in [3.63, 3.8) is 0 Å². The van der Waals surface area contributed by atoms with Gasteiger partial charge in [-0.15, -0.1) is 0 Å². The fourth-order valence-corrected chi connectivity index (χ4v) is 3.32. The highest BCUT2D eigenvalue weighted by Crippen LogP contribution is 2.28. The van der Waals surface area contributed by atoms with Crippen molar-refractivity contribution in [3.05, 3.63) is 35.9 Å². The van der Waals surface area contributed by atoms with Crippen molar-refractivity contribution in [1.82, 2.24) is 5.32 Å². The summed E-state index contributed by atoms with van der Waals surface area (Å²) in [5.41, 5.74) is 1.45. The van der Waals surface area contributed by atoms with E-state index in [4.69, 9.17) is 4.74 Å². The molecule has 0 unspecified atom stereocenters. The van der Waals surface area contributed by atoms with Crippen molar-refractivity contribution in [2.75, 3.05) is 13.2 Å². The van der Waals surface area contributed by atoms with Crippen LogP contribution in [0.1, 0.15) is 37.7 Å². The number of aryl methyl sites for hydroxylation is 1. The standard InChI is InChI=1S/C17H24N2O/c1-2-6-14(7-3-1)10-11-15-8-4-5-9-16(15)19-17-18-12-13-20-17/h1-3,6-7,15-16H,4-5,8-13H2,(H,18,19)/t15-,16+/m0/s1. The van der Waals surface area contributed by atoms with Crippen LogP contribution in [0.3, 0.4) is 0 Å². The van der Waals surface area contributed by atoms with Crippen LogP contribution in [-0.4, -0.2) is 25.2 Å². The molecule has 1 aromatic carbocycles. The number of hydrogen-bond donors (Lipinski definition) is 1. The lowest BCUT2D eigenvalue weighted by Crippen LogP contribution is -2.42. The van der Waals surface area contributed by atoms with Crippen molar-refractivity contribution < 1.29 is 4.74 Å². The normalized spacial score (nSPS) is 25.9. The first-order valence-electron chi connectivity index (χ1n) is 7.89. The minimum absolute atomic E-state index is 0.546. The largest absolute Gasteiger partial charge is 0.463 e. The molecule has 1 aromatic rings. The molecule has 1 aliphatic carbocycles. The Balaban J connectivity index is 1.54. The highest BCUT2D eigenvalue weighted by atomic mass is 16.5. The van der Waals surface area contributed by atoms with E-state index in [-0.39, 0.29) is 0 Å². The van der Waals surface area contributed by atoms with Gasteiger partial charge in [-0.05, 0) is 37.2 Å². The number of benzene rings is 1. The highest BCUT2D eigenvalue weighted by molar-refractivity contribution is 5.75. The Bertz CT molecular complexity index is 444. The molecule has 0 radical (unpaired) electrons. The van der Waals surface area contributed by atoms with Crippen LogP contribution in [-0.2, 0) is 11.2 Å². The number of aliphatic imine (C=N–C) groups is 1. The third-order valence-corrected chi connectivity index (χ3v) is 4.45. The Labute approximate surface area is 121 Å². The molecule has 0 saturated heterocycles. The average Bonchev–Trinajstić information content (AvgIpc) is 3.00. The molecule has 2 atom stereocenters. The van der Waals surface area contributed by atoms with Crippen molar-refractivity contribution in [2.24, 2.45) is 10.9 Å². The number of hydrogen-bond acceptors (Lipinski definition) is 3. The zero-order valence-corrected chi connectivity index (χ0v) is 12.1. The summed E-state index contributed by atoms with van der Waals surface area (Å²) in [4.78, 5) is 4.37. The smallest absolute Gasteiger partial charge is 0.285 e. The molecule has 20 heavy (non-hydrogen) atoms. The second kappa shape index (κ2) is 6.78. The molecule has 1 N–H and O–H groups in total. The number of rotatable bonds is 4. The van der Waals surface area contributed by atoms with Gasteiger partial charge in [-0.25, -0.2) is 4.99 Å². The predicted octanol–water partition coefficient (Wildman–Crippen LogP) is 3.15. The zero-order valence-electron chi connectivity index (χ0n) is 12.1. The minimum atomic E-state index is 0.546. The molecule has 3 rings (SSSR count). The summed E-state index contributed by atoms with van der Waals surface area (Å²) in [6.07, 6.45) is 7.71. The Morgan fingerprint density at radius 2 is 2.00 bits per heavy atom. The van der Waals surface area contributed by atoms with Crippen molar-refractivity contribution in [2.45, 2.75) is 44.6 Å². The topological polar surface area (TPSA) is 33.6 Å². The lowest BCUT2D eigenvalue weighted by Gasteiger charge is -2.32. The quantitative estimate of drug-likeness (QED) is 0.913. The molecule has 2 aliphatic rings. The van der Waals surface area contributed by atoms with Crippen LogP contribution in [0.4, 0.5) is 0 Å². The van der Waals surface area contributed by atoms with Crippen molar-refractivity contribution in [3.8, 4) is 0 Å². The van der Waals surface area contributed by atoms with E-state index >= 15 is 0 Å². The Morgan fingerprint density at radius 3 is 2.80 bits per heavy atom. The maximum atomic E-state index is 5.51. The average molecular weight is 272 g/mol. The molecule has 3 heteroatoms. The van der Waals surface area contributed by atoms with E-state index in [1.165, 1.54) is 44.1 Å². The van der Waals surface area contributed by atoms with Gasteiger partial charge in [-0.1, -0.05) is 43.2 Å². The monoisotopic (exact) mass is 272 g/mol. The summed E-state index contributed by atoms with van der Waals surface area (Å²) in [5.74, 6) is 0.746. The Kier molecular flexibility index (Phi) is 4.57. The molecular weight excluding hydrogens is 248 g/mol. The highest BCUT2D eigenvalue weighted by Gasteiger charge is 2.26. The summed E-state index contributed by atoms with van der Waals surface area (Å²) in [6, 6.07) is 12.1. The first-order chi connectivity index (χ1) is 9.92. The molecule has 0 amide bonds. The summed E-state index contributed by atoms with van der Waals surface area (Å²) >= 11 is 0. The Morgan fingerprint density at radius 1 is 1.15 bits per heavy atom. The second-order valence-electron chi connectivity index (χ2n) is 5.85. The molecule has 108 valence electrons. The SMILES string of the molecule is c1ccc(CC[C@@H]2CCCC[C@H]2NC2=NCCO2)cc1. The van der Waals surface area contributed by atoms with Crippen LogP contribution >= 0.6 is 0 Å². The fraction of sp³-hybridized carbons (Fsp3) is 0.588. The van der Waals surface area contributed by atoms with Crippen molar-refractivity contribution in [1.29, 1.82) is 0 Å². The number of amidine groups is 1. The van der Waals surface area contributed by atoms with Gasteiger partial charge in [0.1, 0.15) is 6.61 Å². The van der Waals surface area contributed by atoms with E-state index < -0.39 is 0 Å². The van der Waals surface area contributed by atoms with Gasteiger partial charge in [-0.2, -0.15) is 0 Å². The van der Waals surface area contributed by atoms with E-state index in [2.05, 4.69) is 40.6 Å². The van der Waals surface area contributed by atoms with Gasteiger partial charge >= 0.3 is 0 Å². The van der Waals surface area contributed by atoms with E-state index in [1.54, 1.807) is 0 Å². The maximum Gasteiger partial charge on any atom is 0.285 e. The fourth-order valence-electron chi connectivity index (χ4n) is 3.32. The lowest BCUT2D eigenvalue weighted by atomic mass is 9.81. The van der Waals surface area contributed by atoms with E-state index in [9.17, 15) is 0 Å². The summed E-state index contributed by atoms with van der Waals surface area (Å²) in [7, 11) is 0. The zero-order chi connectivity index (χ0) is 13.6. The second-order valence-corrected chi connectivity index (χ2v) is 5.85. The first-order valence-corrected chi connectivity index (χ1v) is 7.89. The molecule has 1 fully saturated rings.